The van der Waals surface area contributed by atoms with E-state index in [-0.39, 0.29) is 10.8 Å². The van der Waals surface area contributed by atoms with Gasteiger partial charge in [-0.2, -0.15) is 0 Å². The number of aryl methyl sites for hydroxylation is 2. The average Bonchev–Trinajstić information content (AvgIpc) is 2.53. The minimum atomic E-state index is -0.558. The molecule has 0 atom stereocenters. The summed E-state index contributed by atoms with van der Waals surface area (Å²) in [6, 6.07) is 6.81. The Morgan fingerprint density at radius 2 is 1.88 bits per heavy atom. The second-order valence-electron chi connectivity index (χ2n) is 5.26. The Hall–Kier alpha value is -2.11. The molecule has 2 rings (SSSR count). The van der Waals surface area contributed by atoms with Crippen molar-refractivity contribution >= 4 is 40.9 Å². The lowest BCUT2D eigenvalue weighted by molar-refractivity contribution is -0.119. The summed E-state index contributed by atoms with van der Waals surface area (Å²) in [4.78, 5) is 28.1. The lowest BCUT2D eigenvalue weighted by Crippen LogP contribution is -2.22. The van der Waals surface area contributed by atoms with Crippen LogP contribution < -0.4 is 5.32 Å². The lowest BCUT2D eigenvalue weighted by Gasteiger charge is -2.10. The summed E-state index contributed by atoms with van der Waals surface area (Å²) in [6.45, 7) is 4.97. The van der Waals surface area contributed by atoms with Crippen LogP contribution in [0.15, 0.2) is 24.3 Å². The largest absolute Gasteiger partial charge is 0.452 e. The fourth-order valence-electron chi connectivity index (χ4n) is 2.00. The maximum absolute atomic E-state index is 12.1. The molecule has 0 saturated heterocycles. The molecule has 1 heterocycles. The van der Waals surface area contributed by atoms with Gasteiger partial charge >= 0.3 is 5.97 Å². The Labute approximate surface area is 149 Å². The molecule has 0 spiro atoms. The number of esters is 1. The molecular formula is C17H16Cl2N2O3. The maximum Gasteiger partial charge on any atom is 0.338 e. The number of pyridine rings is 1. The van der Waals surface area contributed by atoms with E-state index in [9.17, 15) is 9.59 Å². The van der Waals surface area contributed by atoms with Crippen LogP contribution in [0.3, 0.4) is 0 Å². The Bertz CT molecular complexity index is 807. The van der Waals surface area contributed by atoms with Gasteiger partial charge in [-0.15, -0.1) is 0 Å². The molecule has 126 valence electrons. The SMILES string of the molecule is Cc1cccc(C(=O)OCC(=O)Nc2nc(C)c(Cl)cc2Cl)c1C. The van der Waals surface area contributed by atoms with Crippen molar-refractivity contribution < 1.29 is 14.3 Å². The van der Waals surface area contributed by atoms with Gasteiger partial charge in [-0.3, -0.25) is 4.79 Å². The average molecular weight is 367 g/mol. The molecule has 24 heavy (non-hydrogen) atoms. The first-order chi connectivity index (χ1) is 11.3. The van der Waals surface area contributed by atoms with Crippen molar-refractivity contribution in [2.45, 2.75) is 20.8 Å². The molecule has 0 unspecified atom stereocenters. The van der Waals surface area contributed by atoms with Gasteiger partial charge in [0.15, 0.2) is 12.4 Å². The van der Waals surface area contributed by atoms with Crippen LogP contribution in [-0.4, -0.2) is 23.5 Å². The van der Waals surface area contributed by atoms with Crippen LogP contribution >= 0.6 is 23.2 Å². The molecule has 1 N–H and O–H groups in total. The quantitative estimate of drug-likeness (QED) is 0.826. The summed E-state index contributed by atoms with van der Waals surface area (Å²) in [5.74, 6) is -0.922. The summed E-state index contributed by atoms with van der Waals surface area (Å²) < 4.78 is 5.04. The molecule has 0 fully saturated rings. The lowest BCUT2D eigenvalue weighted by atomic mass is 10.0. The third kappa shape index (κ3) is 4.24. The third-order valence-corrected chi connectivity index (χ3v) is 4.19. The number of hydrogen-bond donors (Lipinski definition) is 1. The highest BCUT2D eigenvalue weighted by atomic mass is 35.5. The van der Waals surface area contributed by atoms with Crippen LogP contribution in [0.2, 0.25) is 10.0 Å². The van der Waals surface area contributed by atoms with E-state index in [1.165, 1.54) is 6.07 Å². The number of ether oxygens (including phenoxy) is 1. The van der Waals surface area contributed by atoms with E-state index in [0.29, 0.717) is 16.3 Å². The smallest absolute Gasteiger partial charge is 0.338 e. The first-order valence-electron chi connectivity index (χ1n) is 7.15. The molecule has 0 bridgehead atoms. The predicted octanol–water partition coefficient (Wildman–Crippen LogP) is 4.11. The van der Waals surface area contributed by atoms with Crippen molar-refractivity contribution in [3.05, 3.63) is 56.7 Å². The Morgan fingerprint density at radius 1 is 1.17 bits per heavy atom. The van der Waals surface area contributed by atoms with Crippen molar-refractivity contribution in [1.82, 2.24) is 4.98 Å². The normalized spacial score (nSPS) is 10.4. The highest BCUT2D eigenvalue weighted by Crippen LogP contribution is 2.25. The van der Waals surface area contributed by atoms with Gasteiger partial charge in [-0.25, -0.2) is 9.78 Å². The van der Waals surface area contributed by atoms with Crippen molar-refractivity contribution in [2.24, 2.45) is 0 Å². The number of aromatic nitrogens is 1. The number of hydrogen-bond acceptors (Lipinski definition) is 4. The summed E-state index contributed by atoms with van der Waals surface area (Å²) in [7, 11) is 0. The number of nitrogens with zero attached hydrogens (tertiary/aromatic N) is 1. The number of anilines is 1. The third-order valence-electron chi connectivity index (χ3n) is 3.52. The first kappa shape index (κ1) is 18.2. The summed E-state index contributed by atoms with van der Waals surface area (Å²) >= 11 is 11.9. The van der Waals surface area contributed by atoms with Crippen molar-refractivity contribution in [1.29, 1.82) is 0 Å². The standard InChI is InChI=1S/C17H16Cl2N2O3/c1-9-5-4-6-12(10(9)2)17(23)24-8-15(22)21-16-14(19)7-13(18)11(3)20-16/h4-7H,8H2,1-3H3,(H,20,21,22). The number of carbonyl (C=O) groups excluding carboxylic acids is 2. The van der Waals surface area contributed by atoms with Crippen molar-refractivity contribution in [3.8, 4) is 0 Å². The molecule has 0 aliphatic heterocycles. The van der Waals surface area contributed by atoms with Crippen molar-refractivity contribution in [3.63, 3.8) is 0 Å². The second kappa shape index (κ2) is 7.64. The molecule has 0 radical (unpaired) electrons. The van der Waals surface area contributed by atoms with E-state index in [1.54, 1.807) is 19.1 Å². The number of rotatable bonds is 4. The zero-order valence-corrected chi connectivity index (χ0v) is 15.0. The summed E-state index contributed by atoms with van der Waals surface area (Å²) in [5, 5.41) is 3.10. The first-order valence-corrected chi connectivity index (χ1v) is 7.91. The molecule has 1 aromatic heterocycles. The van der Waals surface area contributed by atoms with E-state index in [2.05, 4.69) is 10.3 Å². The van der Waals surface area contributed by atoms with Gasteiger partial charge in [-0.1, -0.05) is 35.3 Å². The van der Waals surface area contributed by atoms with Gasteiger partial charge in [0.1, 0.15) is 0 Å². The molecule has 0 saturated carbocycles. The molecule has 2 aromatic rings. The minimum absolute atomic E-state index is 0.173. The minimum Gasteiger partial charge on any atom is -0.452 e. The predicted molar refractivity (Wildman–Crippen MR) is 93.8 cm³/mol. The fourth-order valence-corrected chi connectivity index (χ4v) is 2.40. The van der Waals surface area contributed by atoms with Crippen molar-refractivity contribution in [2.75, 3.05) is 11.9 Å². The molecule has 1 amide bonds. The molecule has 5 nitrogen and oxygen atoms in total. The Kier molecular flexibility index (Phi) is 5.80. The van der Waals surface area contributed by atoms with Gasteiger partial charge in [-0.05, 0) is 44.0 Å². The highest BCUT2D eigenvalue weighted by molar-refractivity contribution is 6.36. The van der Waals surface area contributed by atoms with E-state index in [4.69, 9.17) is 27.9 Å². The van der Waals surface area contributed by atoms with Gasteiger partial charge in [0.05, 0.1) is 21.3 Å². The van der Waals surface area contributed by atoms with Crippen LogP contribution in [0, 0.1) is 20.8 Å². The number of halogens is 2. The van der Waals surface area contributed by atoms with Gasteiger partial charge in [0.25, 0.3) is 5.91 Å². The number of nitrogens with one attached hydrogen (secondary N) is 1. The second-order valence-corrected chi connectivity index (χ2v) is 6.07. The van der Waals surface area contributed by atoms with E-state index < -0.39 is 18.5 Å². The molecule has 0 aliphatic rings. The maximum atomic E-state index is 12.1. The number of benzene rings is 1. The highest BCUT2D eigenvalue weighted by Gasteiger charge is 2.15. The number of carbonyl (C=O) groups is 2. The number of amides is 1. The molecule has 7 heteroatoms. The van der Waals surface area contributed by atoms with Crippen LogP contribution in [-0.2, 0) is 9.53 Å². The zero-order chi connectivity index (χ0) is 17.9. The van der Waals surface area contributed by atoms with Crippen LogP contribution in [0.1, 0.15) is 27.2 Å². The van der Waals surface area contributed by atoms with Gasteiger partial charge < -0.3 is 10.1 Å². The Balaban J connectivity index is 2.00. The van der Waals surface area contributed by atoms with Gasteiger partial charge in [0.2, 0.25) is 0 Å². The monoisotopic (exact) mass is 366 g/mol. The fraction of sp³-hybridized carbons (Fsp3) is 0.235. The van der Waals surface area contributed by atoms with Gasteiger partial charge in [0, 0.05) is 0 Å². The van der Waals surface area contributed by atoms with E-state index in [1.807, 2.05) is 19.9 Å². The van der Waals surface area contributed by atoms with Crippen LogP contribution in [0.25, 0.3) is 0 Å². The zero-order valence-electron chi connectivity index (χ0n) is 13.4. The molecular weight excluding hydrogens is 351 g/mol. The topological polar surface area (TPSA) is 68.3 Å². The molecule has 1 aromatic carbocycles. The molecule has 0 aliphatic carbocycles. The summed E-state index contributed by atoms with van der Waals surface area (Å²) in [5.41, 5.74) is 2.76. The Morgan fingerprint density at radius 3 is 2.58 bits per heavy atom. The van der Waals surface area contributed by atoms with Crippen LogP contribution in [0.4, 0.5) is 5.82 Å². The van der Waals surface area contributed by atoms with E-state index >= 15 is 0 Å². The van der Waals surface area contributed by atoms with Crippen LogP contribution in [0.5, 0.6) is 0 Å². The van der Waals surface area contributed by atoms with E-state index in [0.717, 1.165) is 11.1 Å². The summed E-state index contributed by atoms with van der Waals surface area (Å²) in [6.07, 6.45) is 0.